The summed E-state index contributed by atoms with van der Waals surface area (Å²) in [6.45, 7) is 0.370. The third-order valence-electron chi connectivity index (χ3n) is 4.76. The van der Waals surface area contributed by atoms with Gasteiger partial charge in [0.05, 0.1) is 11.0 Å². The van der Waals surface area contributed by atoms with Gasteiger partial charge < -0.3 is 4.90 Å². The molecule has 3 saturated heterocycles. The number of imide groups is 1. The van der Waals surface area contributed by atoms with Gasteiger partial charge >= 0.3 is 6.03 Å². The van der Waals surface area contributed by atoms with Gasteiger partial charge in [-0.15, -0.1) is 0 Å². The maximum atomic E-state index is 13.9. The van der Waals surface area contributed by atoms with E-state index in [1.807, 2.05) is 0 Å². The average Bonchev–Trinajstić information content (AvgIpc) is 3.03. The fraction of sp³-hybridized carbons (Fsp3) is 0.429. The molecule has 5 rings (SSSR count). The highest BCUT2D eigenvalue weighted by molar-refractivity contribution is 9.10. The molecule has 0 unspecified atom stereocenters. The van der Waals surface area contributed by atoms with E-state index in [1.165, 1.54) is 12.1 Å². The predicted molar refractivity (Wildman–Crippen MR) is 72.2 cm³/mol. The van der Waals surface area contributed by atoms with Crippen molar-refractivity contribution >= 4 is 27.9 Å². The minimum absolute atomic E-state index is 0.00541. The zero-order chi connectivity index (χ0) is 14.9. The van der Waals surface area contributed by atoms with Crippen LogP contribution in [0.4, 0.5) is 13.6 Å². The molecule has 0 N–H and O–H groups in total. The molecular weight excluding hydrogens is 346 g/mol. The van der Waals surface area contributed by atoms with Crippen LogP contribution in [0.2, 0.25) is 0 Å². The molecule has 3 heterocycles. The van der Waals surface area contributed by atoms with Crippen LogP contribution in [-0.2, 0) is 11.3 Å². The summed E-state index contributed by atoms with van der Waals surface area (Å²) in [4.78, 5) is 27.4. The van der Waals surface area contributed by atoms with Gasteiger partial charge in [0.1, 0.15) is 5.54 Å². The second-order valence-electron chi connectivity index (χ2n) is 5.92. The van der Waals surface area contributed by atoms with Crippen molar-refractivity contribution in [2.24, 2.45) is 5.92 Å². The first-order valence-electron chi connectivity index (χ1n) is 6.70. The van der Waals surface area contributed by atoms with E-state index in [0.29, 0.717) is 25.3 Å². The van der Waals surface area contributed by atoms with Crippen LogP contribution in [0, 0.1) is 17.6 Å². The van der Waals surface area contributed by atoms with Gasteiger partial charge in [0.15, 0.2) is 11.6 Å². The van der Waals surface area contributed by atoms with Crippen LogP contribution < -0.4 is 0 Å². The van der Waals surface area contributed by atoms with Crippen LogP contribution in [-0.4, -0.2) is 33.8 Å². The smallest absolute Gasteiger partial charge is 0.309 e. The van der Waals surface area contributed by atoms with E-state index in [-0.39, 0.29) is 28.5 Å². The van der Waals surface area contributed by atoms with Gasteiger partial charge in [0, 0.05) is 12.1 Å². The number of benzene rings is 1. The Labute approximate surface area is 127 Å². The van der Waals surface area contributed by atoms with Crippen molar-refractivity contribution < 1.29 is 18.4 Å². The van der Waals surface area contributed by atoms with E-state index in [1.54, 1.807) is 4.90 Å². The zero-order valence-corrected chi connectivity index (χ0v) is 12.5. The first-order chi connectivity index (χ1) is 9.94. The molecule has 4 nitrogen and oxygen atoms in total. The summed E-state index contributed by atoms with van der Waals surface area (Å²) < 4.78 is 27.5. The third kappa shape index (κ3) is 1.52. The van der Waals surface area contributed by atoms with Crippen LogP contribution in [0.15, 0.2) is 16.6 Å². The van der Waals surface area contributed by atoms with Crippen LogP contribution in [0.1, 0.15) is 18.4 Å². The van der Waals surface area contributed by atoms with E-state index in [4.69, 9.17) is 0 Å². The Morgan fingerprint density at radius 3 is 2.62 bits per heavy atom. The molecule has 21 heavy (non-hydrogen) atoms. The standard InChI is InChI=1S/C14H11BrF2N2O2/c15-9-2-1-8(10(16)11(9)17)6-18-12(20)14-3-7(4-14)5-19(14)13(18)21/h1-2,7H,3-6H2. The number of hydrogen-bond acceptors (Lipinski definition) is 2. The van der Waals surface area contributed by atoms with Crippen LogP contribution in [0.25, 0.3) is 0 Å². The van der Waals surface area contributed by atoms with Crippen molar-refractivity contribution in [1.82, 2.24) is 9.80 Å². The number of rotatable bonds is 2. The normalized spacial score (nSPS) is 30.0. The van der Waals surface area contributed by atoms with Gasteiger partial charge in [-0.1, -0.05) is 6.07 Å². The third-order valence-corrected chi connectivity index (χ3v) is 5.37. The number of hydrogen-bond donors (Lipinski definition) is 0. The first kappa shape index (κ1) is 13.2. The molecule has 2 bridgehead atoms. The number of urea groups is 1. The Morgan fingerprint density at radius 2 is 1.95 bits per heavy atom. The lowest BCUT2D eigenvalue weighted by molar-refractivity contribution is -0.135. The Morgan fingerprint density at radius 1 is 1.24 bits per heavy atom. The molecule has 4 aliphatic rings. The van der Waals surface area contributed by atoms with Crippen molar-refractivity contribution in [2.45, 2.75) is 24.9 Å². The maximum Gasteiger partial charge on any atom is 0.327 e. The molecule has 0 atom stereocenters. The van der Waals surface area contributed by atoms with Gasteiger partial charge in [0.25, 0.3) is 5.91 Å². The van der Waals surface area contributed by atoms with E-state index >= 15 is 0 Å². The SMILES string of the molecule is O=C1N(Cc2ccc(Br)c(F)c2F)C(=O)C23CC(CN12)C3. The molecule has 7 heteroatoms. The van der Waals surface area contributed by atoms with E-state index < -0.39 is 17.2 Å². The quantitative estimate of drug-likeness (QED) is 0.603. The van der Waals surface area contributed by atoms with Gasteiger partial charge in [-0.25, -0.2) is 13.6 Å². The molecule has 1 aliphatic carbocycles. The van der Waals surface area contributed by atoms with Gasteiger partial charge in [-0.2, -0.15) is 0 Å². The van der Waals surface area contributed by atoms with Crippen molar-refractivity contribution in [3.63, 3.8) is 0 Å². The zero-order valence-electron chi connectivity index (χ0n) is 10.9. The minimum atomic E-state index is -1.03. The second-order valence-corrected chi connectivity index (χ2v) is 6.78. The molecule has 0 radical (unpaired) electrons. The largest absolute Gasteiger partial charge is 0.327 e. The van der Waals surface area contributed by atoms with Crippen LogP contribution in [0.3, 0.4) is 0 Å². The summed E-state index contributed by atoms with van der Waals surface area (Å²) in [6, 6.07) is 2.37. The maximum absolute atomic E-state index is 13.9. The fourth-order valence-corrected chi connectivity index (χ4v) is 4.02. The Bertz CT molecular complexity index is 685. The summed E-state index contributed by atoms with van der Waals surface area (Å²) >= 11 is 2.90. The molecule has 3 amide bonds. The summed E-state index contributed by atoms with van der Waals surface area (Å²) in [6.07, 6.45) is 1.40. The lowest BCUT2D eigenvalue weighted by Crippen LogP contribution is -2.48. The predicted octanol–water partition coefficient (Wildman–Crippen LogP) is 2.65. The Balaban J connectivity index is 1.65. The van der Waals surface area contributed by atoms with Crippen molar-refractivity contribution in [3.05, 3.63) is 33.8 Å². The molecule has 0 aromatic heterocycles. The molecule has 4 fully saturated rings. The van der Waals surface area contributed by atoms with Gasteiger partial charge in [-0.3, -0.25) is 9.69 Å². The van der Waals surface area contributed by atoms with Gasteiger partial charge in [-0.05, 0) is 40.8 Å². The van der Waals surface area contributed by atoms with Crippen molar-refractivity contribution in [1.29, 1.82) is 0 Å². The molecule has 1 aromatic rings. The minimum Gasteiger partial charge on any atom is -0.309 e. The first-order valence-corrected chi connectivity index (χ1v) is 7.49. The fourth-order valence-electron chi connectivity index (χ4n) is 3.71. The van der Waals surface area contributed by atoms with E-state index in [9.17, 15) is 18.4 Å². The number of amides is 3. The molecule has 1 aromatic carbocycles. The molecule has 110 valence electrons. The lowest BCUT2D eigenvalue weighted by Gasteiger charge is -2.34. The summed E-state index contributed by atoms with van der Waals surface area (Å²) in [5, 5.41) is 0. The number of carbonyl (C=O) groups excluding carboxylic acids is 2. The lowest BCUT2D eigenvalue weighted by atomic mass is 9.73. The van der Waals surface area contributed by atoms with Crippen molar-refractivity contribution in [2.75, 3.05) is 6.54 Å². The highest BCUT2D eigenvalue weighted by Gasteiger charge is 2.68. The van der Waals surface area contributed by atoms with Crippen molar-refractivity contribution in [3.8, 4) is 0 Å². The van der Waals surface area contributed by atoms with Crippen LogP contribution in [0.5, 0.6) is 0 Å². The molecule has 1 spiro atoms. The summed E-state index contributed by atoms with van der Waals surface area (Å²) in [5.74, 6) is -1.89. The number of carbonyl (C=O) groups is 2. The second kappa shape index (κ2) is 4.03. The monoisotopic (exact) mass is 356 g/mol. The number of halogens is 3. The van der Waals surface area contributed by atoms with Crippen LogP contribution >= 0.6 is 15.9 Å². The number of nitrogens with zero attached hydrogens (tertiary/aromatic N) is 2. The molecule has 3 aliphatic heterocycles. The average molecular weight is 357 g/mol. The van der Waals surface area contributed by atoms with E-state index in [2.05, 4.69) is 15.9 Å². The topological polar surface area (TPSA) is 40.6 Å². The molecular formula is C14H11BrF2N2O2. The van der Waals surface area contributed by atoms with Gasteiger partial charge in [0.2, 0.25) is 0 Å². The highest BCUT2D eigenvalue weighted by atomic mass is 79.9. The molecule has 1 saturated carbocycles. The summed E-state index contributed by atoms with van der Waals surface area (Å²) in [7, 11) is 0. The highest BCUT2D eigenvalue weighted by Crippen LogP contribution is 2.55. The summed E-state index contributed by atoms with van der Waals surface area (Å²) in [5.41, 5.74) is -0.683. The van der Waals surface area contributed by atoms with E-state index in [0.717, 1.165) is 4.90 Å². The Kier molecular flexibility index (Phi) is 2.53. The Hall–Kier alpha value is -1.50.